The number of benzene rings is 1. The molecule has 0 aliphatic carbocycles. The maximum absolute atomic E-state index is 13.3. The summed E-state index contributed by atoms with van der Waals surface area (Å²) in [5, 5.41) is 7.89. The van der Waals surface area contributed by atoms with Crippen molar-refractivity contribution in [3.63, 3.8) is 0 Å². The largest absolute Gasteiger partial charge is 0.472 e. The summed E-state index contributed by atoms with van der Waals surface area (Å²) in [6.45, 7) is 2.53. The topological polar surface area (TPSA) is 72.4 Å². The van der Waals surface area contributed by atoms with Crippen LogP contribution in [0.2, 0.25) is 0 Å². The second-order valence-electron chi connectivity index (χ2n) is 6.14. The van der Waals surface area contributed by atoms with Gasteiger partial charge in [-0.15, -0.1) is 5.10 Å². The van der Waals surface area contributed by atoms with Gasteiger partial charge >= 0.3 is 0 Å². The molecule has 0 saturated carbocycles. The molecule has 0 N–H and O–H groups in total. The molecule has 2 heterocycles. The molecule has 1 aromatic carbocycles. The molecule has 1 aromatic heterocycles. The standard InChI is InChI=1S/C17H20FN3O3S/c1-13-7-8-17(20-19-13)24-16-6-3-9-21(11-16)25(22,23)12-14-4-2-5-15(18)10-14/h2,4-5,7-8,10,16H,3,6,9,11-12H2,1H3. The summed E-state index contributed by atoms with van der Waals surface area (Å²) < 4.78 is 45.7. The van der Waals surface area contributed by atoms with Crippen molar-refractivity contribution >= 4 is 10.0 Å². The summed E-state index contributed by atoms with van der Waals surface area (Å²) in [7, 11) is -3.53. The number of hydrogen-bond acceptors (Lipinski definition) is 5. The third kappa shape index (κ3) is 4.73. The third-order valence-electron chi connectivity index (χ3n) is 4.03. The van der Waals surface area contributed by atoms with Crippen molar-refractivity contribution in [1.29, 1.82) is 0 Å². The van der Waals surface area contributed by atoms with Gasteiger partial charge in [-0.05, 0) is 43.5 Å². The van der Waals surface area contributed by atoms with Crippen LogP contribution in [0.5, 0.6) is 5.88 Å². The lowest BCUT2D eigenvalue weighted by Crippen LogP contribution is -2.44. The van der Waals surface area contributed by atoms with Crippen LogP contribution in [0.1, 0.15) is 24.1 Å². The van der Waals surface area contributed by atoms with E-state index in [-0.39, 0.29) is 18.4 Å². The van der Waals surface area contributed by atoms with Crippen molar-refractivity contribution in [2.24, 2.45) is 0 Å². The van der Waals surface area contributed by atoms with Crippen LogP contribution in [0.25, 0.3) is 0 Å². The van der Waals surface area contributed by atoms with E-state index in [1.807, 2.05) is 6.92 Å². The van der Waals surface area contributed by atoms with Gasteiger partial charge in [0.2, 0.25) is 15.9 Å². The zero-order valence-corrected chi connectivity index (χ0v) is 14.7. The minimum absolute atomic E-state index is 0.220. The van der Waals surface area contributed by atoms with Gasteiger partial charge in [-0.3, -0.25) is 0 Å². The first-order valence-corrected chi connectivity index (χ1v) is 9.72. The Hall–Kier alpha value is -2.06. The highest BCUT2D eigenvalue weighted by molar-refractivity contribution is 7.88. The fraction of sp³-hybridized carbons (Fsp3) is 0.412. The van der Waals surface area contributed by atoms with E-state index in [0.717, 1.165) is 12.1 Å². The van der Waals surface area contributed by atoms with Crippen molar-refractivity contribution in [3.05, 3.63) is 53.5 Å². The molecule has 1 saturated heterocycles. The zero-order valence-electron chi connectivity index (χ0n) is 13.9. The Kier molecular flexibility index (Phi) is 5.29. The first-order chi connectivity index (χ1) is 11.9. The molecule has 1 atom stereocenters. The summed E-state index contributed by atoms with van der Waals surface area (Å²) in [5.74, 6) is -0.271. The third-order valence-corrected chi connectivity index (χ3v) is 5.85. The van der Waals surface area contributed by atoms with E-state index in [1.165, 1.54) is 22.5 Å². The van der Waals surface area contributed by atoms with E-state index < -0.39 is 15.8 Å². The van der Waals surface area contributed by atoms with Gasteiger partial charge in [-0.1, -0.05) is 12.1 Å². The molecule has 0 amide bonds. The number of aromatic nitrogens is 2. The minimum Gasteiger partial charge on any atom is -0.472 e. The minimum atomic E-state index is -3.53. The quantitative estimate of drug-likeness (QED) is 0.813. The van der Waals surface area contributed by atoms with Gasteiger partial charge in [-0.2, -0.15) is 9.40 Å². The summed E-state index contributed by atoms with van der Waals surface area (Å²) in [4.78, 5) is 0. The Morgan fingerprint density at radius 3 is 2.84 bits per heavy atom. The van der Waals surface area contributed by atoms with E-state index in [2.05, 4.69) is 10.2 Å². The second kappa shape index (κ2) is 7.45. The number of nitrogens with zero attached hydrogens (tertiary/aromatic N) is 3. The average molecular weight is 365 g/mol. The van der Waals surface area contributed by atoms with E-state index in [9.17, 15) is 12.8 Å². The van der Waals surface area contributed by atoms with E-state index in [1.54, 1.807) is 18.2 Å². The summed E-state index contributed by atoms with van der Waals surface area (Å²) in [6.07, 6.45) is 1.18. The Bertz CT molecular complexity index is 827. The van der Waals surface area contributed by atoms with Crippen LogP contribution in [-0.4, -0.2) is 42.1 Å². The SMILES string of the molecule is Cc1ccc(OC2CCCN(S(=O)(=O)Cc3cccc(F)c3)C2)nn1. The van der Waals surface area contributed by atoms with Crippen molar-refractivity contribution in [2.75, 3.05) is 13.1 Å². The second-order valence-corrected chi connectivity index (χ2v) is 8.11. The van der Waals surface area contributed by atoms with E-state index >= 15 is 0 Å². The lowest BCUT2D eigenvalue weighted by Gasteiger charge is -2.31. The molecule has 1 aliphatic heterocycles. The normalized spacial score (nSPS) is 18.9. The monoisotopic (exact) mass is 365 g/mol. The molecule has 1 aliphatic rings. The van der Waals surface area contributed by atoms with E-state index in [0.29, 0.717) is 24.4 Å². The predicted octanol–water partition coefficient (Wildman–Crippen LogP) is 2.30. The number of halogens is 1. The van der Waals surface area contributed by atoms with Crippen LogP contribution in [0.3, 0.4) is 0 Å². The smallest absolute Gasteiger partial charge is 0.233 e. The molecule has 6 nitrogen and oxygen atoms in total. The number of ether oxygens (including phenoxy) is 1. The first-order valence-electron chi connectivity index (χ1n) is 8.12. The Morgan fingerprint density at radius 2 is 2.12 bits per heavy atom. The molecule has 0 spiro atoms. The maximum Gasteiger partial charge on any atom is 0.233 e. The summed E-state index contributed by atoms with van der Waals surface area (Å²) >= 11 is 0. The van der Waals surface area contributed by atoms with Crippen molar-refractivity contribution in [1.82, 2.24) is 14.5 Å². The predicted molar refractivity (Wildman–Crippen MR) is 91.0 cm³/mol. The van der Waals surface area contributed by atoms with Gasteiger partial charge in [0, 0.05) is 12.6 Å². The number of sulfonamides is 1. The van der Waals surface area contributed by atoms with Crippen molar-refractivity contribution in [2.45, 2.75) is 31.6 Å². The molecular formula is C17H20FN3O3S. The lowest BCUT2D eigenvalue weighted by molar-refractivity contribution is 0.123. The number of aryl methyl sites for hydroxylation is 1. The average Bonchev–Trinajstić information content (AvgIpc) is 2.57. The molecule has 3 rings (SSSR count). The van der Waals surface area contributed by atoms with Crippen LogP contribution in [-0.2, 0) is 15.8 Å². The Labute approximate surface area is 146 Å². The lowest BCUT2D eigenvalue weighted by atomic mass is 10.1. The van der Waals surface area contributed by atoms with Crippen LogP contribution in [0.15, 0.2) is 36.4 Å². The number of piperidine rings is 1. The molecule has 1 unspecified atom stereocenters. The molecule has 8 heteroatoms. The number of hydrogen-bond donors (Lipinski definition) is 0. The van der Waals surface area contributed by atoms with Crippen molar-refractivity contribution in [3.8, 4) is 5.88 Å². The maximum atomic E-state index is 13.3. The van der Waals surface area contributed by atoms with Gasteiger partial charge in [0.15, 0.2) is 0 Å². The Balaban J connectivity index is 1.66. The van der Waals surface area contributed by atoms with Gasteiger partial charge in [-0.25, -0.2) is 12.8 Å². The molecule has 2 aromatic rings. The van der Waals surface area contributed by atoms with Gasteiger partial charge in [0.05, 0.1) is 18.0 Å². The van der Waals surface area contributed by atoms with Crippen LogP contribution < -0.4 is 4.74 Å². The highest BCUT2D eigenvalue weighted by Crippen LogP contribution is 2.21. The molecule has 134 valence electrons. The highest BCUT2D eigenvalue weighted by atomic mass is 32.2. The van der Waals surface area contributed by atoms with Gasteiger partial charge in [0.25, 0.3) is 0 Å². The van der Waals surface area contributed by atoms with Crippen LogP contribution in [0.4, 0.5) is 4.39 Å². The first kappa shape index (κ1) is 17.8. The fourth-order valence-corrected chi connectivity index (χ4v) is 4.39. The van der Waals surface area contributed by atoms with Gasteiger partial charge < -0.3 is 4.74 Å². The van der Waals surface area contributed by atoms with Crippen LogP contribution >= 0.6 is 0 Å². The fourth-order valence-electron chi connectivity index (χ4n) is 2.80. The molecule has 0 radical (unpaired) electrons. The van der Waals surface area contributed by atoms with Gasteiger partial charge in [0.1, 0.15) is 11.9 Å². The Morgan fingerprint density at radius 1 is 1.28 bits per heavy atom. The van der Waals surface area contributed by atoms with Crippen LogP contribution in [0, 0.1) is 12.7 Å². The van der Waals surface area contributed by atoms with E-state index in [4.69, 9.17) is 4.74 Å². The molecular weight excluding hydrogens is 345 g/mol. The molecule has 0 bridgehead atoms. The molecule has 25 heavy (non-hydrogen) atoms. The van der Waals surface area contributed by atoms with Crippen molar-refractivity contribution < 1.29 is 17.5 Å². The molecule has 1 fully saturated rings. The summed E-state index contributed by atoms with van der Waals surface area (Å²) in [6, 6.07) is 9.19. The summed E-state index contributed by atoms with van der Waals surface area (Å²) in [5.41, 5.74) is 1.22. The number of rotatable bonds is 5. The highest BCUT2D eigenvalue weighted by Gasteiger charge is 2.30. The zero-order chi connectivity index (χ0) is 17.9.